The third-order valence-electron chi connectivity index (χ3n) is 9.36. The fourth-order valence-corrected chi connectivity index (χ4v) is 7.61. The van der Waals surface area contributed by atoms with Crippen LogP contribution in [0.4, 0.5) is 0 Å². The predicted octanol–water partition coefficient (Wildman–Crippen LogP) is 5.99. The van der Waals surface area contributed by atoms with E-state index in [0.29, 0.717) is 29.4 Å². The highest BCUT2D eigenvalue weighted by molar-refractivity contribution is 5.72. The summed E-state index contributed by atoms with van der Waals surface area (Å²) in [4.78, 5) is 12.9. The van der Waals surface area contributed by atoms with Gasteiger partial charge in [-0.1, -0.05) is 32.8 Å². The second kappa shape index (κ2) is 7.32. The molecule has 1 N–H and O–H groups in total. The molecule has 0 saturated heterocycles. The van der Waals surface area contributed by atoms with Crippen LogP contribution in [0.2, 0.25) is 0 Å². The standard InChI is InChI=1S/C26H36O3/c1-16(17-5-3-4-6-17)25(28)29-24-12-11-23-22-9-7-18-15-19(27)8-10-20(18)21(22)13-14-26(23,24)2/h8,10,15-17,21-24,27H,3-7,9,11-14H2,1-2H3/t16?,21-,22-,23+,24?,26+/m1/s1. The molecule has 3 fully saturated rings. The smallest absolute Gasteiger partial charge is 0.309 e. The predicted molar refractivity (Wildman–Crippen MR) is 114 cm³/mol. The van der Waals surface area contributed by atoms with E-state index >= 15 is 0 Å². The molecule has 0 heterocycles. The van der Waals surface area contributed by atoms with Gasteiger partial charge in [-0.3, -0.25) is 4.79 Å². The Balaban J connectivity index is 1.31. The van der Waals surface area contributed by atoms with Crippen LogP contribution < -0.4 is 0 Å². The zero-order chi connectivity index (χ0) is 20.2. The summed E-state index contributed by atoms with van der Waals surface area (Å²) in [7, 11) is 0. The number of hydrogen-bond acceptors (Lipinski definition) is 3. The van der Waals surface area contributed by atoms with E-state index in [-0.39, 0.29) is 23.4 Å². The van der Waals surface area contributed by atoms with Crippen LogP contribution >= 0.6 is 0 Å². The summed E-state index contributed by atoms with van der Waals surface area (Å²) in [6, 6.07) is 6.00. The first-order valence-electron chi connectivity index (χ1n) is 12.0. The molecule has 0 spiro atoms. The molecule has 0 aromatic heterocycles. The van der Waals surface area contributed by atoms with Gasteiger partial charge in [-0.25, -0.2) is 0 Å². The molecule has 3 saturated carbocycles. The van der Waals surface area contributed by atoms with E-state index in [9.17, 15) is 9.90 Å². The minimum Gasteiger partial charge on any atom is -0.508 e. The van der Waals surface area contributed by atoms with Gasteiger partial charge in [0.25, 0.3) is 0 Å². The van der Waals surface area contributed by atoms with E-state index in [1.165, 1.54) is 56.1 Å². The minimum absolute atomic E-state index is 0.0609. The lowest BCUT2D eigenvalue weighted by molar-refractivity contribution is -0.163. The summed E-state index contributed by atoms with van der Waals surface area (Å²) in [5.41, 5.74) is 2.96. The Bertz CT molecular complexity index is 780. The molecular weight excluding hydrogens is 360 g/mol. The molecule has 6 atom stereocenters. The molecule has 4 aliphatic carbocycles. The van der Waals surface area contributed by atoms with Gasteiger partial charge >= 0.3 is 5.97 Å². The fraction of sp³-hybridized carbons (Fsp3) is 0.731. The Kier molecular flexibility index (Phi) is 4.91. The first-order chi connectivity index (χ1) is 14.0. The van der Waals surface area contributed by atoms with Crippen molar-refractivity contribution in [2.75, 3.05) is 0 Å². The maximum Gasteiger partial charge on any atom is 0.309 e. The highest BCUT2D eigenvalue weighted by Gasteiger charge is 2.56. The Labute approximate surface area is 175 Å². The van der Waals surface area contributed by atoms with Crippen LogP contribution in [0, 0.1) is 29.1 Å². The number of esters is 1. The molecule has 5 rings (SSSR count). The van der Waals surface area contributed by atoms with Gasteiger partial charge < -0.3 is 9.84 Å². The molecule has 3 heteroatoms. The first kappa shape index (κ1) is 19.5. The third kappa shape index (κ3) is 3.20. The van der Waals surface area contributed by atoms with Gasteiger partial charge in [0.1, 0.15) is 11.9 Å². The quantitative estimate of drug-likeness (QED) is 0.639. The average Bonchev–Trinajstić information content (AvgIpc) is 3.35. The van der Waals surface area contributed by atoms with Crippen LogP contribution in [-0.2, 0) is 16.0 Å². The number of ether oxygens (including phenoxy) is 1. The molecule has 2 unspecified atom stereocenters. The van der Waals surface area contributed by atoms with Crippen molar-refractivity contribution in [3.63, 3.8) is 0 Å². The molecule has 4 aliphatic rings. The van der Waals surface area contributed by atoms with E-state index in [0.717, 1.165) is 19.3 Å². The lowest BCUT2D eigenvalue weighted by Gasteiger charge is -2.50. The highest BCUT2D eigenvalue weighted by atomic mass is 16.5. The van der Waals surface area contributed by atoms with Crippen LogP contribution in [0.1, 0.15) is 88.7 Å². The summed E-state index contributed by atoms with van der Waals surface area (Å²) in [5, 5.41) is 9.87. The van der Waals surface area contributed by atoms with E-state index in [4.69, 9.17) is 4.74 Å². The third-order valence-corrected chi connectivity index (χ3v) is 9.36. The molecule has 3 nitrogen and oxygen atoms in total. The lowest BCUT2D eigenvalue weighted by Crippen LogP contribution is -2.45. The zero-order valence-corrected chi connectivity index (χ0v) is 18.0. The second-order valence-corrected chi connectivity index (χ2v) is 10.7. The zero-order valence-electron chi connectivity index (χ0n) is 18.0. The van der Waals surface area contributed by atoms with Crippen molar-refractivity contribution in [3.8, 4) is 5.75 Å². The first-order valence-corrected chi connectivity index (χ1v) is 12.0. The summed E-state index contributed by atoms with van der Waals surface area (Å²) in [5.74, 6) is 3.02. The fourth-order valence-electron chi connectivity index (χ4n) is 7.61. The highest BCUT2D eigenvalue weighted by Crippen LogP contribution is 2.61. The monoisotopic (exact) mass is 396 g/mol. The molecule has 0 radical (unpaired) electrons. The van der Waals surface area contributed by atoms with Crippen molar-refractivity contribution in [2.24, 2.45) is 29.1 Å². The lowest BCUT2D eigenvalue weighted by atomic mass is 9.55. The maximum absolute atomic E-state index is 12.9. The topological polar surface area (TPSA) is 46.5 Å². The van der Waals surface area contributed by atoms with Crippen molar-refractivity contribution >= 4 is 5.97 Å². The van der Waals surface area contributed by atoms with Crippen LogP contribution in [0.25, 0.3) is 0 Å². The van der Waals surface area contributed by atoms with Crippen molar-refractivity contribution in [2.45, 2.75) is 90.1 Å². The van der Waals surface area contributed by atoms with Crippen LogP contribution in [0.15, 0.2) is 18.2 Å². The molecule has 0 aliphatic heterocycles. The van der Waals surface area contributed by atoms with Crippen molar-refractivity contribution in [1.82, 2.24) is 0 Å². The number of carbonyl (C=O) groups is 1. The molecule has 0 bridgehead atoms. The van der Waals surface area contributed by atoms with E-state index < -0.39 is 0 Å². The summed E-state index contributed by atoms with van der Waals surface area (Å²) in [6.07, 6.45) is 11.9. The summed E-state index contributed by atoms with van der Waals surface area (Å²) in [6.45, 7) is 4.50. The molecule has 1 aromatic carbocycles. The van der Waals surface area contributed by atoms with Gasteiger partial charge in [0.15, 0.2) is 0 Å². The minimum atomic E-state index is 0.0609. The largest absolute Gasteiger partial charge is 0.508 e. The molecule has 1 aromatic rings. The maximum atomic E-state index is 12.9. The number of benzene rings is 1. The van der Waals surface area contributed by atoms with Gasteiger partial charge in [0, 0.05) is 5.41 Å². The van der Waals surface area contributed by atoms with Crippen molar-refractivity contribution in [1.29, 1.82) is 0 Å². The number of fused-ring (bicyclic) bond motifs is 5. The van der Waals surface area contributed by atoms with Gasteiger partial charge in [-0.15, -0.1) is 0 Å². The molecular formula is C26H36O3. The number of carbonyl (C=O) groups excluding carboxylic acids is 1. The average molecular weight is 397 g/mol. The number of aromatic hydroxyl groups is 1. The second-order valence-electron chi connectivity index (χ2n) is 10.7. The molecule has 29 heavy (non-hydrogen) atoms. The molecule has 158 valence electrons. The number of aryl methyl sites for hydroxylation is 1. The number of hydrogen-bond donors (Lipinski definition) is 1. The Hall–Kier alpha value is -1.51. The van der Waals surface area contributed by atoms with Crippen LogP contribution in [0.3, 0.4) is 0 Å². The van der Waals surface area contributed by atoms with E-state index in [2.05, 4.69) is 19.9 Å². The Morgan fingerprint density at radius 3 is 2.72 bits per heavy atom. The van der Waals surface area contributed by atoms with Gasteiger partial charge in [0.05, 0.1) is 5.92 Å². The number of phenols is 1. The van der Waals surface area contributed by atoms with Crippen molar-refractivity contribution in [3.05, 3.63) is 29.3 Å². The van der Waals surface area contributed by atoms with Gasteiger partial charge in [-0.2, -0.15) is 0 Å². The van der Waals surface area contributed by atoms with Crippen LogP contribution in [-0.4, -0.2) is 17.2 Å². The summed E-state index contributed by atoms with van der Waals surface area (Å²) < 4.78 is 6.25. The van der Waals surface area contributed by atoms with Crippen LogP contribution in [0.5, 0.6) is 5.75 Å². The van der Waals surface area contributed by atoms with Gasteiger partial charge in [-0.05, 0) is 98.3 Å². The van der Waals surface area contributed by atoms with Gasteiger partial charge in [0.2, 0.25) is 0 Å². The SMILES string of the molecule is CC(C(=O)OC1CC[C@H]2[C@@H]3CCc4cc(O)ccc4[C@H]3CC[C@]12C)C1CCCC1. The summed E-state index contributed by atoms with van der Waals surface area (Å²) >= 11 is 0. The number of rotatable bonds is 3. The van der Waals surface area contributed by atoms with E-state index in [1.54, 1.807) is 0 Å². The Morgan fingerprint density at radius 1 is 1.14 bits per heavy atom. The molecule has 0 amide bonds. The normalized spacial score (nSPS) is 37.4. The van der Waals surface area contributed by atoms with Crippen molar-refractivity contribution < 1.29 is 14.6 Å². The number of phenolic OH excluding ortho intramolecular Hbond substituents is 1. The van der Waals surface area contributed by atoms with E-state index in [1.807, 2.05) is 12.1 Å². The Morgan fingerprint density at radius 2 is 1.93 bits per heavy atom.